The lowest BCUT2D eigenvalue weighted by Gasteiger charge is -2.16. The minimum Gasteiger partial charge on any atom is -0.515 e. The fraction of sp³-hybridized carbons (Fsp3) is 0.333. The molecule has 16 heavy (non-hydrogen) atoms. The smallest absolute Gasteiger partial charge is 0.343 e. The second-order valence-corrected chi connectivity index (χ2v) is 8.59. The van der Waals surface area contributed by atoms with Gasteiger partial charge >= 0.3 is 5.97 Å². The summed E-state index contributed by atoms with van der Waals surface area (Å²) in [7, 11) is -2.01. The van der Waals surface area contributed by atoms with Crippen LogP contribution in [0, 0.1) is 10.1 Å². The fourth-order valence-corrected chi connectivity index (χ4v) is 1.64. The second-order valence-electron chi connectivity index (χ2n) is 4.16. The Hall–Kier alpha value is -1.76. The highest BCUT2D eigenvalue weighted by atomic mass is 28.4. The predicted octanol–water partition coefficient (Wildman–Crippen LogP) is 1.98. The van der Waals surface area contributed by atoms with Crippen LogP contribution in [0.15, 0.2) is 18.3 Å². The average molecular weight is 240 g/mol. The summed E-state index contributed by atoms with van der Waals surface area (Å²) in [6.07, 6.45) is 1.22. The number of aromatic nitrogens is 1. The second kappa shape index (κ2) is 4.39. The molecule has 7 heteroatoms. The Kier molecular flexibility index (Phi) is 3.38. The van der Waals surface area contributed by atoms with Crippen LogP contribution < -0.4 is 0 Å². The minimum absolute atomic E-state index is 0.0309. The maximum atomic E-state index is 11.6. The minimum atomic E-state index is -2.01. The van der Waals surface area contributed by atoms with Crippen LogP contribution in [0.25, 0.3) is 0 Å². The first-order chi connectivity index (χ1) is 7.29. The number of hydrogen-bond acceptors (Lipinski definition) is 5. The van der Waals surface area contributed by atoms with E-state index in [1.54, 1.807) is 0 Å². The van der Waals surface area contributed by atoms with Crippen LogP contribution in [-0.2, 0) is 4.43 Å². The van der Waals surface area contributed by atoms with Crippen LogP contribution in [0.1, 0.15) is 10.5 Å². The first kappa shape index (κ1) is 12.3. The molecule has 0 aliphatic rings. The molecule has 6 nitrogen and oxygen atoms in total. The summed E-state index contributed by atoms with van der Waals surface area (Å²) in [5.41, 5.74) is -0.200. The van der Waals surface area contributed by atoms with Crippen molar-refractivity contribution in [3.8, 4) is 0 Å². The van der Waals surface area contributed by atoms with E-state index in [-0.39, 0.29) is 11.4 Å². The van der Waals surface area contributed by atoms with Crippen LogP contribution >= 0.6 is 0 Å². The molecule has 0 atom stereocenters. The number of nitro groups is 1. The Morgan fingerprint density at radius 2 is 2.12 bits per heavy atom. The van der Waals surface area contributed by atoms with Gasteiger partial charge in [0.15, 0.2) is 5.69 Å². The molecule has 0 aliphatic carbocycles. The summed E-state index contributed by atoms with van der Waals surface area (Å²) in [6, 6.07) is 2.34. The quantitative estimate of drug-likeness (QED) is 0.458. The lowest BCUT2D eigenvalue weighted by atomic mass is 10.3. The van der Waals surface area contributed by atoms with Crippen molar-refractivity contribution in [2.75, 3.05) is 0 Å². The van der Waals surface area contributed by atoms with Gasteiger partial charge in [0.05, 0.1) is 4.92 Å². The van der Waals surface area contributed by atoms with Gasteiger partial charge in [-0.15, -0.1) is 0 Å². The summed E-state index contributed by atoms with van der Waals surface area (Å²) in [4.78, 5) is 25.2. The monoisotopic (exact) mass is 240 g/mol. The van der Waals surface area contributed by atoms with Crippen molar-refractivity contribution >= 4 is 20.0 Å². The van der Waals surface area contributed by atoms with Crippen molar-refractivity contribution in [1.29, 1.82) is 0 Å². The Balaban J connectivity index is 2.92. The van der Waals surface area contributed by atoms with Gasteiger partial charge in [0.2, 0.25) is 8.32 Å². The van der Waals surface area contributed by atoms with Crippen LogP contribution in [0.4, 0.5) is 5.69 Å². The van der Waals surface area contributed by atoms with E-state index >= 15 is 0 Å². The molecule has 0 bridgehead atoms. The molecular formula is C9H12N2O4Si. The highest BCUT2D eigenvalue weighted by Crippen LogP contribution is 2.13. The van der Waals surface area contributed by atoms with Gasteiger partial charge in [0, 0.05) is 18.3 Å². The van der Waals surface area contributed by atoms with Gasteiger partial charge in [-0.2, -0.15) is 0 Å². The van der Waals surface area contributed by atoms with Gasteiger partial charge in [0.25, 0.3) is 5.69 Å². The lowest BCUT2D eigenvalue weighted by Crippen LogP contribution is -2.29. The van der Waals surface area contributed by atoms with Gasteiger partial charge in [0.1, 0.15) is 0 Å². The first-order valence-electron chi connectivity index (χ1n) is 4.63. The molecule has 0 radical (unpaired) electrons. The van der Waals surface area contributed by atoms with E-state index in [1.807, 2.05) is 19.6 Å². The Morgan fingerprint density at radius 1 is 1.50 bits per heavy atom. The van der Waals surface area contributed by atoms with Gasteiger partial charge in [-0.1, -0.05) is 0 Å². The molecule has 1 rings (SSSR count). The van der Waals surface area contributed by atoms with Crippen LogP contribution in [-0.4, -0.2) is 24.2 Å². The van der Waals surface area contributed by atoms with E-state index in [2.05, 4.69) is 4.98 Å². The molecule has 0 fully saturated rings. The summed E-state index contributed by atoms with van der Waals surface area (Å²) >= 11 is 0. The molecule has 0 saturated heterocycles. The number of carbonyl (C=O) groups excluding carboxylic acids is 1. The van der Waals surface area contributed by atoms with Crippen molar-refractivity contribution in [2.24, 2.45) is 0 Å². The molecule has 0 spiro atoms. The van der Waals surface area contributed by atoms with E-state index in [4.69, 9.17) is 4.43 Å². The summed E-state index contributed by atoms with van der Waals surface area (Å²) in [6.45, 7) is 5.55. The lowest BCUT2D eigenvalue weighted by molar-refractivity contribution is -0.385. The predicted molar refractivity (Wildman–Crippen MR) is 59.7 cm³/mol. The maximum Gasteiger partial charge on any atom is 0.343 e. The number of hydrogen-bond donors (Lipinski definition) is 0. The highest BCUT2D eigenvalue weighted by Gasteiger charge is 2.22. The standard InChI is InChI=1S/C9H12N2O4Si/c1-16(2,3)15-9(12)8-6-7(11(13)14)4-5-10-8/h4-6H,1-3H3. The molecule has 1 aromatic rings. The van der Waals surface area contributed by atoms with Crippen molar-refractivity contribution in [1.82, 2.24) is 4.98 Å². The molecule has 0 amide bonds. The third kappa shape index (κ3) is 3.43. The van der Waals surface area contributed by atoms with Crippen LogP contribution in [0.5, 0.6) is 0 Å². The van der Waals surface area contributed by atoms with Crippen LogP contribution in [0.3, 0.4) is 0 Å². The molecule has 1 aromatic heterocycles. The normalized spacial score (nSPS) is 10.9. The number of nitrogens with zero attached hydrogens (tertiary/aromatic N) is 2. The third-order valence-corrected chi connectivity index (χ3v) is 2.36. The molecule has 1 heterocycles. The Labute approximate surface area is 93.5 Å². The molecule has 0 unspecified atom stereocenters. The third-order valence-electron chi connectivity index (χ3n) is 1.56. The highest BCUT2D eigenvalue weighted by molar-refractivity contribution is 6.71. The van der Waals surface area contributed by atoms with Gasteiger partial charge in [-0.25, -0.2) is 9.78 Å². The van der Waals surface area contributed by atoms with E-state index in [9.17, 15) is 14.9 Å². The largest absolute Gasteiger partial charge is 0.515 e. The fourth-order valence-electron chi connectivity index (χ4n) is 0.975. The number of rotatable bonds is 3. The molecule has 0 N–H and O–H groups in total. The molecular weight excluding hydrogens is 228 g/mol. The average Bonchev–Trinajstić information content (AvgIpc) is 2.15. The molecule has 0 saturated carbocycles. The summed E-state index contributed by atoms with van der Waals surface area (Å²) in [5.74, 6) is -0.608. The Bertz CT molecular complexity index is 428. The molecule has 0 aliphatic heterocycles. The van der Waals surface area contributed by atoms with Gasteiger partial charge < -0.3 is 4.43 Å². The summed E-state index contributed by atoms with van der Waals surface area (Å²) in [5, 5.41) is 10.5. The van der Waals surface area contributed by atoms with E-state index in [0.717, 1.165) is 6.07 Å². The maximum absolute atomic E-state index is 11.6. The van der Waals surface area contributed by atoms with E-state index < -0.39 is 19.2 Å². The van der Waals surface area contributed by atoms with Gasteiger partial charge in [-0.3, -0.25) is 10.1 Å². The Morgan fingerprint density at radius 3 is 2.62 bits per heavy atom. The summed E-state index contributed by atoms with van der Waals surface area (Å²) < 4.78 is 5.17. The van der Waals surface area contributed by atoms with Crippen molar-refractivity contribution in [2.45, 2.75) is 19.6 Å². The van der Waals surface area contributed by atoms with Gasteiger partial charge in [-0.05, 0) is 19.6 Å². The first-order valence-corrected chi connectivity index (χ1v) is 8.04. The zero-order valence-corrected chi connectivity index (χ0v) is 10.3. The zero-order valence-electron chi connectivity index (χ0n) is 9.26. The van der Waals surface area contributed by atoms with Crippen molar-refractivity contribution in [3.05, 3.63) is 34.1 Å². The zero-order chi connectivity index (χ0) is 12.3. The van der Waals surface area contributed by atoms with E-state index in [0.29, 0.717) is 0 Å². The number of pyridine rings is 1. The molecule has 86 valence electrons. The SMILES string of the molecule is C[Si](C)(C)OC(=O)c1cc([N+](=O)[O-])ccn1. The topological polar surface area (TPSA) is 82.3 Å². The molecule has 0 aromatic carbocycles. The van der Waals surface area contributed by atoms with Crippen molar-refractivity contribution < 1.29 is 14.1 Å². The van der Waals surface area contributed by atoms with Crippen molar-refractivity contribution in [3.63, 3.8) is 0 Å². The van der Waals surface area contributed by atoms with Crippen LogP contribution in [0.2, 0.25) is 19.6 Å². The van der Waals surface area contributed by atoms with E-state index in [1.165, 1.54) is 12.3 Å². The number of carbonyl (C=O) groups is 1.